The van der Waals surface area contributed by atoms with Gasteiger partial charge in [-0.25, -0.2) is 0 Å². The highest BCUT2D eigenvalue weighted by atomic mass is 19.4. The van der Waals surface area contributed by atoms with E-state index in [4.69, 9.17) is 0 Å². The van der Waals surface area contributed by atoms with Crippen molar-refractivity contribution in [2.75, 3.05) is 31.1 Å². The number of amides is 1. The van der Waals surface area contributed by atoms with Gasteiger partial charge >= 0.3 is 6.18 Å². The molecular formula is C22H22F3N3O. The van der Waals surface area contributed by atoms with E-state index in [0.717, 1.165) is 28.2 Å². The van der Waals surface area contributed by atoms with E-state index in [1.807, 2.05) is 36.9 Å². The molecule has 4 nitrogen and oxygen atoms in total. The number of aromatic nitrogens is 1. The van der Waals surface area contributed by atoms with Crippen molar-refractivity contribution < 1.29 is 18.0 Å². The minimum Gasteiger partial charge on any atom is -0.368 e. The number of hydrogen-bond donors (Lipinski definition) is 1. The molecule has 1 aliphatic rings. The van der Waals surface area contributed by atoms with Crippen LogP contribution >= 0.6 is 0 Å². The van der Waals surface area contributed by atoms with Crippen LogP contribution in [-0.4, -0.2) is 42.0 Å². The van der Waals surface area contributed by atoms with Crippen molar-refractivity contribution in [1.82, 2.24) is 9.88 Å². The second-order valence-electron chi connectivity index (χ2n) is 7.46. The first-order valence-electron chi connectivity index (χ1n) is 9.54. The number of halogens is 3. The first kappa shape index (κ1) is 19.4. The van der Waals surface area contributed by atoms with Gasteiger partial charge in [0.15, 0.2) is 0 Å². The number of piperazine rings is 1. The van der Waals surface area contributed by atoms with Crippen molar-refractivity contribution in [2.45, 2.75) is 20.0 Å². The van der Waals surface area contributed by atoms with Crippen LogP contribution in [0, 0.1) is 13.8 Å². The molecule has 0 bridgehead atoms. The molecule has 1 amide bonds. The molecule has 0 aliphatic carbocycles. The molecule has 0 saturated carbocycles. The molecule has 4 rings (SSSR count). The van der Waals surface area contributed by atoms with Gasteiger partial charge in [0.1, 0.15) is 0 Å². The van der Waals surface area contributed by atoms with Crippen molar-refractivity contribution >= 4 is 22.5 Å². The molecular weight excluding hydrogens is 379 g/mol. The van der Waals surface area contributed by atoms with Crippen molar-refractivity contribution in [1.29, 1.82) is 0 Å². The Morgan fingerprint density at radius 1 is 1.00 bits per heavy atom. The lowest BCUT2D eigenvalue weighted by molar-refractivity contribution is -0.137. The molecule has 0 atom stereocenters. The average Bonchev–Trinajstić information content (AvgIpc) is 3.00. The summed E-state index contributed by atoms with van der Waals surface area (Å²) in [6.45, 7) is 5.96. The predicted octanol–water partition coefficient (Wildman–Crippen LogP) is 4.77. The third kappa shape index (κ3) is 3.69. The summed E-state index contributed by atoms with van der Waals surface area (Å²) in [5.74, 6) is -0.0474. The lowest BCUT2D eigenvalue weighted by Gasteiger charge is -2.36. The zero-order valence-corrected chi connectivity index (χ0v) is 16.3. The molecule has 3 aromatic rings. The number of aryl methyl sites for hydroxylation is 2. The Labute approximate surface area is 166 Å². The summed E-state index contributed by atoms with van der Waals surface area (Å²) >= 11 is 0. The van der Waals surface area contributed by atoms with Crippen LogP contribution in [0.2, 0.25) is 0 Å². The maximum Gasteiger partial charge on any atom is 0.416 e. The molecule has 0 radical (unpaired) electrons. The molecule has 7 heteroatoms. The summed E-state index contributed by atoms with van der Waals surface area (Å²) in [6.07, 6.45) is -4.36. The van der Waals surface area contributed by atoms with Gasteiger partial charge in [-0.1, -0.05) is 6.07 Å². The number of benzene rings is 2. The number of carbonyl (C=O) groups excluding carboxylic acids is 1. The number of carbonyl (C=O) groups is 1. The Bertz CT molecular complexity index is 1060. The lowest BCUT2D eigenvalue weighted by Crippen LogP contribution is -2.48. The fourth-order valence-corrected chi connectivity index (χ4v) is 3.82. The van der Waals surface area contributed by atoms with E-state index in [0.29, 0.717) is 37.4 Å². The van der Waals surface area contributed by atoms with Gasteiger partial charge in [0, 0.05) is 54.0 Å². The van der Waals surface area contributed by atoms with E-state index in [1.54, 1.807) is 11.0 Å². The summed E-state index contributed by atoms with van der Waals surface area (Å²) in [6, 6.07) is 11.0. The summed E-state index contributed by atoms with van der Waals surface area (Å²) in [5, 5.41) is 1.04. The molecule has 1 aromatic heterocycles. The van der Waals surface area contributed by atoms with Gasteiger partial charge in [0.05, 0.1) is 5.56 Å². The van der Waals surface area contributed by atoms with Crippen LogP contribution in [0.25, 0.3) is 10.9 Å². The van der Waals surface area contributed by atoms with E-state index >= 15 is 0 Å². The Balaban J connectivity index is 1.47. The third-order valence-corrected chi connectivity index (χ3v) is 5.66. The molecule has 1 fully saturated rings. The second kappa shape index (κ2) is 7.13. The monoisotopic (exact) mass is 401 g/mol. The largest absolute Gasteiger partial charge is 0.416 e. The van der Waals surface area contributed by atoms with E-state index in [-0.39, 0.29) is 5.91 Å². The molecule has 1 aliphatic heterocycles. The molecule has 1 N–H and O–H groups in total. The van der Waals surface area contributed by atoms with E-state index in [9.17, 15) is 18.0 Å². The fourth-order valence-electron chi connectivity index (χ4n) is 3.82. The second-order valence-corrected chi connectivity index (χ2v) is 7.46. The number of alkyl halides is 3. The van der Waals surface area contributed by atoms with Gasteiger partial charge < -0.3 is 14.8 Å². The number of fused-ring (bicyclic) bond motifs is 1. The molecule has 2 aromatic carbocycles. The Kier molecular flexibility index (Phi) is 4.76. The summed E-state index contributed by atoms with van der Waals surface area (Å²) in [7, 11) is 0. The normalized spacial score (nSPS) is 15.2. The fraction of sp³-hybridized carbons (Fsp3) is 0.318. The van der Waals surface area contributed by atoms with E-state index in [2.05, 4.69) is 4.98 Å². The summed E-state index contributed by atoms with van der Waals surface area (Å²) in [4.78, 5) is 19.9. The van der Waals surface area contributed by atoms with Gasteiger partial charge in [-0.3, -0.25) is 4.79 Å². The Morgan fingerprint density at radius 3 is 2.41 bits per heavy atom. The predicted molar refractivity (Wildman–Crippen MR) is 107 cm³/mol. The maximum absolute atomic E-state index is 13.0. The highest BCUT2D eigenvalue weighted by Gasteiger charge is 2.31. The molecule has 0 spiro atoms. The number of rotatable bonds is 2. The van der Waals surface area contributed by atoms with Gasteiger partial charge in [0.25, 0.3) is 5.91 Å². The highest BCUT2D eigenvalue weighted by molar-refractivity contribution is 5.99. The molecule has 0 unspecified atom stereocenters. The van der Waals surface area contributed by atoms with Gasteiger partial charge in [0.2, 0.25) is 0 Å². The number of H-pyrrole nitrogens is 1. The smallest absolute Gasteiger partial charge is 0.368 e. The van der Waals surface area contributed by atoms with Crippen molar-refractivity contribution in [3.05, 3.63) is 64.8 Å². The zero-order valence-electron chi connectivity index (χ0n) is 16.3. The first-order chi connectivity index (χ1) is 13.7. The third-order valence-electron chi connectivity index (χ3n) is 5.66. The molecule has 152 valence electrons. The number of hydrogen-bond acceptors (Lipinski definition) is 2. The van der Waals surface area contributed by atoms with Crippen LogP contribution in [0.4, 0.5) is 18.9 Å². The Morgan fingerprint density at radius 2 is 1.72 bits per heavy atom. The number of nitrogens with zero attached hydrogens (tertiary/aromatic N) is 2. The number of aromatic amines is 1. The van der Waals surface area contributed by atoms with Crippen LogP contribution in [-0.2, 0) is 6.18 Å². The minimum absolute atomic E-state index is 0.0474. The van der Waals surface area contributed by atoms with Gasteiger partial charge in [-0.05, 0) is 55.8 Å². The van der Waals surface area contributed by atoms with E-state index in [1.165, 1.54) is 12.1 Å². The zero-order chi connectivity index (χ0) is 20.8. The van der Waals surface area contributed by atoms with Crippen LogP contribution < -0.4 is 4.90 Å². The van der Waals surface area contributed by atoms with Crippen LogP contribution in [0.5, 0.6) is 0 Å². The summed E-state index contributed by atoms with van der Waals surface area (Å²) in [5.41, 5.74) is 3.73. The van der Waals surface area contributed by atoms with Crippen molar-refractivity contribution in [3.63, 3.8) is 0 Å². The topological polar surface area (TPSA) is 39.3 Å². The summed E-state index contributed by atoms with van der Waals surface area (Å²) < 4.78 is 38.9. The van der Waals surface area contributed by atoms with Crippen LogP contribution in [0.1, 0.15) is 27.2 Å². The first-order valence-corrected chi connectivity index (χ1v) is 9.54. The number of anilines is 1. The Hall–Kier alpha value is -2.96. The maximum atomic E-state index is 13.0. The SMILES string of the molecule is Cc1[nH]c2ccc(C(=O)N3CCN(c4cccc(C(F)(F)F)c4)CC3)cc2c1C. The minimum atomic E-state index is -4.36. The van der Waals surface area contributed by atoms with Gasteiger partial charge in [-0.15, -0.1) is 0 Å². The standard InChI is InChI=1S/C22H22F3N3O/c1-14-15(2)26-20-7-6-16(12-19(14)20)21(29)28-10-8-27(9-11-28)18-5-3-4-17(13-18)22(23,24)25/h3-7,12-13,26H,8-11H2,1-2H3. The van der Waals surface area contributed by atoms with E-state index < -0.39 is 11.7 Å². The average molecular weight is 401 g/mol. The molecule has 2 heterocycles. The van der Waals surface area contributed by atoms with Crippen LogP contribution in [0.3, 0.4) is 0 Å². The van der Waals surface area contributed by atoms with Crippen molar-refractivity contribution in [2.24, 2.45) is 0 Å². The van der Waals surface area contributed by atoms with Crippen molar-refractivity contribution in [3.8, 4) is 0 Å². The highest BCUT2D eigenvalue weighted by Crippen LogP contribution is 2.32. The van der Waals surface area contributed by atoms with Gasteiger partial charge in [-0.2, -0.15) is 13.2 Å². The quantitative estimate of drug-likeness (QED) is 0.672. The molecule has 29 heavy (non-hydrogen) atoms. The molecule has 1 saturated heterocycles. The van der Waals surface area contributed by atoms with Crippen LogP contribution in [0.15, 0.2) is 42.5 Å². The lowest BCUT2D eigenvalue weighted by atomic mass is 10.1. The number of nitrogens with one attached hydrogen (secondary N) is 1.